The number of hydrogen-bond donors (Lipinski definition) is 0. The Labute approximate surface area is 95.6 Å². The van der Waals surface area contributed by atoms with Gasteiger partial charge in [0.25, 0.3) is 0 Å². The summed E-state index contributed by atoms with van der Waals surface area (Å²) in [6, 6.07) is 9.92. The van der Waals surface area contributed by atoms with Crippen LogP contribution in [0.4, 0.5) is 0 Å². The Kier molecular flexibility index (Phi) is 4.10. The highest BCUT2D eigenvalue weighted by molar-refractivity contribution is 5.16. The number of rotatable bonds is 5. The van der Waals surface area contributed by atoms with Crippen molar-refractivity contribution in [3.8, 4) is 0 Å². The normalized spacial score (nSPS) is 24.5. The van der Waals surface area contributed by atoms with Crippen molar-refractivity contribution in [3.05, 3.63) is 48.6 Å². The van der Waals surface area contributed by atoms with Crippen molar-refractivity contribution in [1.29, 1.82) is 0 Å². The first-order valence-electron chi connectivity index (χ1n) is 5.41. The zero-order valence-electron chi connectivity index (χ0n) is 9.17. The third-order valence-corrected chi connectivity index (χ3v) is 2.36. The van der Waals surface area contributed by atoms with Crippen molar-refractivity contribution in [1.82, 2.24) is 0 Å². The van der Waals surface area contributed by atoms with Crippen LogP contribution in [-0.4, -0.2) is 25.9 Å². The van der Waals surface area contributed by atoms with E-state index in [1.54, 1.807) is 6.08 Å². The molecule has 0 radical (unpaired) electrons. The van der Waals surface area contributed by atoms with E-state index in [-0.39, 0.29) is 12.4 Å². The molecule has 1 aromatic rings. The summed E-state index contributed by atoms with van der Waals surface area (Å²) in [4.78, 5) is 0. The predicted octanol–water partition coefficient (Wildman–Crippen LogP) is 2.30. The average molecular weight is 220 g/mol. The van der Waals surface area contributed by atoms with Crippen LogP contribution in [0.3, 0.4) is 0 Å². The second-order valence-corrected chi connectivity index (χ2v) is 3.66. The fraction of sp³-hybridized carbons (Fsp3) is 0.385. The smallest absolute Gasteiger partial charge is 0.184 e. The maximum absolute atomic E-state index is 5.71. The Morgan fingerprint density at radius 1 is 1.38 bits per heavy atom. The van der Waals surface area contributed by atoms with Crippen LogP contribution in [0.5, 0.6) is 0 Å². The minimum absolute atomic E-state index is 0.0187. The summed E-state index contributed by atoms with van der Waals surface area (Å²) in [5.41, 5.74) is 1.05. The van der Waals surface area contributed by atoms with Gasteiger partial charge < -0.3 is 14.2 Å². The highest BCUT2D eigenvalue weighted by Crippen LogP contribution is 2.26. The van der Waals surface area contributed by atoms with E-state index in [1.165, 1.54) is 0 Å². The van der Waals surface area contributed by atoms with Gasteiger partial charge in [0.05, 0.1) is 19.8 Å². The van der Waals surface area contributed by atoms with Crippen LogP contribution < -0.4 is 0 Å². The van der Waals surface area contributed by atoms with Crippen LogP contribution in [0.25, 0.3) is 0 Å². The zero-order chi connectivity index (χ0) is 11.2. The lowest BCUT2D eigenvalue weighted by molar-refractivity contribution is -0.0722. The molecular weight excluding hydrogens is 204 g/mol. The molecule has 3 nitrogen and oxygen atoms in total. The van der Waals surface area contributed by atoms with Gasteiger partial charge in [0.2, 0.25) is 0 Å². The molecule has 0 saturated carbocycles. The molecule has 0 spiro atoms. The molecule has 0 aromatic heterocycles. The average Bonchev–Trinajstić information content (AvgIpc) is 2.79. The largest absolute Gasteiger partial charge is 0.375 e. The molecular formula is C13H16O3. The van der Waals surface area contributed by atoms with Crippen molar-refractivity contribution in [2.24, 2.45) is 0 Å². The van der Waals surface area contributed by atoms with Crippen molar-refractivity contribution in [3.63, 3.8) is 0 Å². The third-order valence-electron chi connectivity index (χ3n) is 2.36. The van der Waals surface area contributed by atoms with E-state index < -0.39 is 0 Å². The lowest BCUT2D eigenvalue weighted by Crippen LogP contribution is -2.17. The predicted molar refractivity (Wildman–Crippen MR) is 61.0 cm³/mol. The summed E-state index contributed by atoms with van der Waals surface area (Å²) in [7, 11) is 0. The van der Waals surface area contributed by atoms with Crippen LogP contribution in [0.2, 0.25) is 0 Å². The van der Waals surface area contributed by atoms with Gasteiger partial charge in [-0.1, -0.05) is 36.4 Å². The van der Waals surface area contributed by atoms with Gasteiger partial charge in [-0.25, -0.2) is 0 Å². The maximum atomic E-state index is 5.71. The second kappa shape index (κ2) is 5.80. The molecule has 16 heavy (non-hydrogen) atoms. The number of benzene rings is 1. The molecule has 1 fully saturated rings. The number of hydrogen-bond acceptors (Lipinski definition) is 3. The Bertz CT molecular complexity index is 323. The van der Waals surface area contributed by atoms with Gasteiger partial charge >= 0.3 is 0 Å². The fourth-order valence-electron chi connectivity index (χ4n) is 1.60. The Balaban J connectivity index is 1.81. The minimum Gasteiger partial charge on any atom is -0.375 e. The van der Waals surface area contributed by atoms with E-state index in [0.717, 1.165) is 5.56 Å². The first kappa shape index (κ1) is 11.3. The summed E-state index contributed by atoms with van der Waals surface area (Å²) in [5.74, 6) is 0. The Morgan fingerprint density at radius 3 is 2.94 bits per heavy atom. The first-order valence-corrected chi connectivity index (χ1v) is 5.41. The van der Waals surface area contributed by atoms with E-state index in [9.17, 15) is 0 Å². The lowest BCUT2D eigenvalue weighted by atomic mass is 10.2. The monoisotopic (exact) mass is 220 g/mol. The van der Waals surface area contributed by atoms with Crippen LogP contribution in [0.1, 0.15) is 11.9 Å². The minimum atomic E-state index is -0.251. The Morgan fingerprint density at radius 2 is 2.19 bits per heavy atom. The summed E-state index contributed by atoms with van der Waals surface area (Å²) >= 11 is 0. The lowest BCUT2D eigenvalue weighted by Gasteiger charge is -2.11. The van der Waals surface area contributed by atoms with E-state index >= 15 is 0 Å². The summed E-state index contributed by atoms with van der Waals surface area (Å²) in [5, 5.41) is 0. The van der Waals surface area contributed by atoms with E-state index in [2.05, 4.69) is 6.58 Å². The van der Waals surface area contributed by atoms with Crippen molar-refractivity contribution in [2.45, 2.75) is 12.4 Å². The van der Waals surface area contributed by atoms with Gasteiger partial charge in [0, 0.05) is 5.56 Å². The topological polar surface area (TPSA) is 27.7 Å². The molecule has 2 rings (SSSR count). The molecule has 2 unspecified atom stereocenters. The third kappa shape index (κ3) is 2.92. The van der Waals surface area contributed by atoms with Crippen LogP contribution in [0, 0.1) is 0 Å². The van der Waals surface area contributed by atoms with Crippen molar-refractivity contribution in [2.75, 3.05) is 19.8 Å². The quantitative estimate of drug-likeness (QED) is 0.563. The summed E-state index contributed by atoms with van der Waals surface area (Å²) in [6.45, 7) is 5.27. The maximum Gasteiger partial charge on any atom is 0.184 e. The first-order chi connectivity index (χ1) is 7.90. The number of ether oxygens (including phenoxy) is 3. The molecule has 0 N–H and O–H groups in total. The zero-order valence-corrected chi connectivity index (χ0v) is 9.17. The van der Waals surface area contributed by atoms with Crippen LogP contribution in [-0.2, 0) is 14.2 Å². The van der Waals surface area contributed by atoms with Crippen LogP contribution >= 0.6 is 0 Å². The van der Waals surface area contributed by atoms with Gasteiger partial charge in [0.15, 0.2) is 6.29 Å². The standard InChI is InChI=1S/C13H16O3/c1-2-8-14-9-12-10-15-13(16-12)11-6-4-3-5-7-11/h2-7,12-13H,1,8-10H2. The molecule has 0 bridgehead atoms. The summed E-state index contributed by atoms with van der Waals surface area (Å²) in [6.07, 6.45) is 1.49. The van der Waals surface area contributed by atoms with Crippen molar-refractivity contribution >= 4 is 0 Å². The van der Waals surface area contributed by atoms with Gasteiger partial charge in [-0.15, -0.1) is 6.58 Å². The molecule has 3 heteroatoms. The molecule has 0 amide bonds. The molecule has 1 aliphatic rings. The fourth-order valence-corrected chi connectivity index (χ4v) is 1.60. The summed E-state index contributed by atoms with van der Waals surface area (Å²) < 4.78 is 16.6. The SMILES string of the molecule is C=CCOCC1COC(c2ccccc2)O1. The molecule has 2 atom stereocenters. The molecule has 86 valence electrons. The van der Waals surface area contributed by atoms with Crippen LogP contribution in [0.15, 0.2) is 43.0 Å². The van der Waals surface area contributed by atoms with Gasteiger partial charge in [-0.05, 0) is 0 Å². The molecule has 1 aromatic carbocycles. The molecule has 1 aliphatic heterocycles. The van der Waals surface area contributed by atoms with Gasteiger partial charge in [0.1, 0.15) is 6.10 Å². The molecule has 0 aliphatic carbocycles. The van der Waals surface area contributed by atoms with E-state index in [4.69, 9.17) is 14.2 Å². The van der Waals surface area contributed by atoms with E-state index in [1.807, 2.05) is 30.3 Å². The second-order valence-electron chi connectivity index (χ2n) is 3.66. The molecule has 1 saturated heterocycles. The van der Waals surface area contributed by atoms with Crippen molar-refractivity contribution < 1.29 is 14.2 Å². The van der Waals surface area contributed by atoms with E-state index in [0.29, 0.717) is 19.8 Å². The van der Waals surface area contributed by atoms with Gasteiger partial charge in [-0.2, -0.15) is 0 Å². The van der Waals surface area contributed by atoms with Gasteiger partial charge in [-0.3, -0.25) is 0 Å². The highest BCUT2D eigenvalue weighted by atomic mass is 16.7. The Hall–Kier alpha value is -1.16. The molecule has 1 heterocycles. The highest BCUT2D eigenvalue weighted by Gasteiger charge is 2.26.